The fourth-order valence-electron chi connectivity index (χ4n) is 3.55. The molecule has 4 rings (SSSR count). The van der Waals surface area contributed by atoms with Gasteiger partial charge < -0.3 is 4.74 Å². The van der Waals surface area contributed by atoms with E-state index in [0.29, 0.717) is 10.0 Å². The molecule has 0 bridgehead atoms. The summed E-state index contributed by atoms with van der Waals surface area (Å²) in [6.07, 6.45) is 2.66. The number of hydrazone groups is 1. The highest BCUT2D eigenvalue weighted by molar-refractivity contribution is 6.35. The van der Waals surface area contributed by atoms with Crippen molar-refractivity contribution in [1.29, 1.82) is 0 Å². The van der Waals surface area contributed by atoms with Crippen LogP contribution in [0.25, 0.3) is 0 Å². The van der Waals surface area contributed by atoms with Gasteiger partial charge in [-0.25, -0.2) is 0 Å². The summed E-state index contributed by atoms with van der Waals surface area (Å²) in [5, 5.41) is 8.20. The standard InChI is InChI=1S/C20H20Cl2N2O/c1-3-4-19-24-18(15-9-14(21)10-16(22)20(15)25-19)11-17(23-24)13-7-5-12(2)6-8-13/h5-10,18-19H,3-4,11H2,1-2H3/t18-,19+/m1/s1. The first-order chi connectivity index (χ1) is 12.1. The molecule has 0 amide bonds. The van der Waals surface area contributed by atoms with Gasteiger partial charge in [0.25, 0.3) is 0 Å². The van der Waals surface area contributed by atoms with Crippen LogP contribution in [-0.2, 0) is 0 Å². The van der Waals surface area contributed by atoms with E-state index in [4.69, 9.17) is 33.0 Å². The third kappa shape index (κ3) is 3.00. The van der Waals surface area contributed by atoms with Crippen LogP contribution in [-0.4, -0.2) is 16.9 Å². The summed E-state index contributed by atoms with van der Waals surface area (Å²) in [7, 11) is 0. The first-order valence-electron chi connectivity index (χ1n) is 8.65. The minimum Gasteiger partial charge on any atom is -0.467 e. The SMILES string of the molecule is CCC[C@@H]1Oc2c(Cl)cc(Cl)cc2[C@H]2CC(c3ccc(C)cc3)=NN12. The van der Waals surface area contributed by atoms with Gasteiger partial charge in [-0.3, -0.25) is 5.01 Å². The average Bonchev–Trinajstić information content (AvgIpc) is 3.02. The van der Waals surface area contributed by atoms with Crippen LogP contribution in [0.3, 0.4) is 0 Å². The molecule has 0 unspecified atom stereocenters. The smallest absolute Gasteiger partial charge is 0.187 e. The average molecular weight is 375 g/mol. The summed E-state index contributed by atoms with van der Waals surface area (Å²) in [5.74, 6) is 0.756. The third-order valence-electron chi connectivity index (χ3n) is 4.81. The van der Waals surface area contributed by atoms with Crippen molar-refractivity contribution in [2.45, 2.75) is 45.4 Å². The molecule has 3 nitrogen and oxygen atoms in total. The molecule has 0 saturated carbocycles. The van der Waals surface area contributed by atoms with Crippen LogP contribution in [0.5, 0.6) is 5.75 Å². The molecular weight excluding hydrogens is 355 g/mol. The van der Waals surface area contributed by atoms with Crippen LogP contribution in [0.2, 0.25) is 10.0 Å². The number of hydrogen-bond donors (Lipinski definition) is 0. The lowest BCUT2D eigenvalue weighted by Crippen LogP contribution is -2.40. The molecule has 25 heavy (non-hydrogen) atoms. The van der Waals surface area contributed by atoms with Crippen LogP contribution in [0.1, 0.15) is 48.9 Å². The maximum Gasteiger partial charge on any atom is 0.187 e. The van der Waals surface area contributed by atoms with Crippen molar-refractivity contribution in [1.82, 2.24) is 5.01 Å². The molecule has 2 heterocycles. The lowest BCUT2D eigenvalue weighted by atomic mass is 9.96. The third-order valence-corrected chi connectivity index (χ3v) is 5.31. The molecule has 2 aliphatic rings. The number of aryl methyl sites for hydroxylation is 1. The van der Waals surface area contributed by atoms with Gasteiger partial charge in [0.15, 0.2) is 6.23 Å². The van der Waals surface area contributed by atoms with E-state index in [9.17, 15) is 0 Å². The predicted octanol–water partition coefficient (Wildman–Crippen LogP) is 5.97. The Kier molecular flexibility index (Phi) is 4.38. The Hall–Kier alpha value is -1.71. The summed E-state index contributed by atoms with van der Waals surface area (Å²) in [5.41, 5.74) is 4.51. The van der Waals surface area contributed by atoms with E-state index in [0.717, 1.165) is 41.9 Å². The van der Waals surface area contributed by atoms with Crippen molar-refractivity contribution in [2.24, 2.45) is 5.10 Å². The summed E-state index contributed by atoms with van der Waals surface area (Å²) in [6.45, 7) is 4.24. The molecule has 5 heteroatoms. The van der Waals surface area contributed by atoms with Gasteiger partial charge in [-0.2, -0.15) is 5.10 Å². The van der Waals surface area contributed by atoms with E-state index in [1.54, 1.807) is 6.07 Å². The minimum atomic E-state index is -0.0934. The van der Waals surface area contributed by atoms with E-state index in [2.05, 4.69) is 43.1 Å². The molecule has 0 radical (unpaired) electrons. The molecule has 0 saturated heterocycles. The van der Waals surface area contributed by atoms with Gasteiger partial charge in [-0.15, -0.1) is 0 Å². The number of halogens is 2. The summed E-state index contributed by atoms with van der Waals surface area (Å²) in [6, 6.07) is 12.3. The second-order valence-corrected chi connectivity index (χ2v) is 7.52. The number of hydrogen-bond acceptors (Lipinski definition) is 3. The lowest BCUT2D eigenvalue weighted by molar-refractivity contribution is -0.0222. The summed E-state index contributed by atoms with van der Waals surface area (Å²) < 4.78 is 6.20. The molecular formula is C20H20Cl2N2O. The summed E-state index contributed by atoms with van der Waals surface area (Å²) in [4.78, 5) is 0. The molecule has 0 spiro atoms. The highest BCUT2D eigenvalue weighted by Crippen LogP contribution is 2.47. The van der Waals surface area contributed by atoms with Crippen molar-refractivity contribution in [2.75, 3.05) is 0 Å². The largest absolute Gasteiger partial charge is 0.467 e. The van der Waals surface area contributed by atoms with Gasteiger partial charge in [-0.1, -0.05) is 66.4 Å². The fraction of sp³-hybridized carbons (Fsp3) is 0.350. The second-order valence-electron chi connectivity index (χ2n) is 6.68. The zero-order chi connectivity index (χ0) is 17.6. The molecule has 0 N–H and O–H groups in total. The minimum absolute atomic E-state index is 0.0934. The first kappa shape index (κ1) is 16.7. The molecule has 130 valence electrons. The number of fused-ring (bicyclic) bond motifs is 3. The lowest BCUT2D eigenvalue weighted by Gasteiger charge is -2.38. The highest BCUT2D eigenvalue weighted by atomic mass is 35.5. The van der Waals surface area contributed by atoms with Crippen molar-refractivity contribution in [3.05, 3.63) is 63.1 Å². The molecule has 0 aromatic heterocycles. The first-order valence-corrected chi connectivity index (χ1v) is 9.41. The van der Waals surface area contributed by atoms with Crippen LogP contribution in [0, 0.1) is 6.92 Å². The number of benzene rings is 2. The van der Waals surface area contributed by atoms with Gasteiger partial charge in [-0.05, 0) is 24.6 Å². The normalized spacial score (nSPS) is 21.4. The van der Waals surface area contributed by atoms with Crippen LogP contribution in [0.4, 0.5) is 0 Å². The van der Waals surface area contributed by atoms with Crippen LogP contribution < -0.4 is 4.74 Å². The van der Waals surface area contributed by atoms with Gasteiger partial charge in [0.05, 0.1) is 16.8 Å². The Morgan fingerprint density at radius 3 is 2.68 bits per heavy atom. The molecule has 2 aliphatic heterocycles. The predicted molar refractivity (Wildman–Crippen MR) is 103 cm³/mol. The molecule has 2 aromatic rings. The Morgan fingerprint density at radius 1 is 1.20 bits per heavy atom. The molecule has 0 fully saturated rings. The van der Waals surface area contributed by atoms with Crippen LogP contribution in [0.15, 0.2) is 41.5 Å². The molecule has 2 aromatic carbocycles. The quantitative estimate of drug-likeness (QED) is 0.660. The van der Waals surface area contributed by atoms with E-state index in [-0.39, 0.29) is 12.3 Å². The van der Waals surface area contributed by atoms with E-state index in [1.807, 2.05) is 6.07 Å². The Morgan fingerprint density at radius 2 is 1.96 bits per heavy atom. The van der Waals surface area contributed by atoms with Gasteiger partial charge in [0, 0.05) is 23.4 Å². The molecule has 2 atom stereocenters. The Labute approximate surface area is 158 Å². The zero-order valence-corrected chi connectivity index (χ0v) is 15.8. The maximum atomic E-state index is 6.41. The van der Waals surface area contributed by atoms with Crippen molar-refractivity contribution < 1.29 is 4.74 Å². The number of rotatable bonds is 3. The topological polar surface area (TPSA) is 24.8 Å². The van der Waals surface area contributed by atoms with Crippen molar-refractivity contribution in [3.63, 3.8) is 0 Å². The van der Waals surface area contributed by atoms with Gasteiger partial charge in [0.1, 0.15) is 5.75 Å². The summed E-state index contributed by atoms with van der Waals surface area (Å²) >= 11 is 12.7. The van der Waals surface area contributed by atoms with E-state index in [1.165, 1.54) is 5.56 Å². The molecule has 0 aliphatic carbocycles. The number of ether oxygens (including phenoxy) is 1. The van der Waals surface area contributed by atoms with Gasteiger partial charge >= 0.3 is 0 Å². The number of nitrogens with zero attached hydrogens (tertiary/aromatic N) is 2. The van der Waals surface area contributed by atoms with Crippen molar-refractivity contribution >= 4 is 28.9 Å². The van der Waals surface area contributed by atoms with Gasteiger partial charge in [0.2, 0.25) is 0 Å². The second kappa shape index (κ2) is 6.54. The Balaban J connectivity index is 1.75. The maximum absolute atomic E-state index is 6.41. The monoisotopic (exact) mass is 374 g/mol. The van der Waals surface area contributed by atoms with E-state index >= 15 is 0 Å². The van der Waals surface area contributed by atoms with E-state index < -0.39 is 0 Å². The van der Waals surface area contributed by atoms with Crippen LogP contribution >= 0.6 is 23.2 Å². The fourth-order valence-corrected chi connectivity index (χ4v) is 4.10. The Bertz CT molecular complexity index is 832. The zero-order valence-electron chi connectivity index (χ0n) is 14.3. The highest BCUT2D eigenvalue weighted by Gasteiger charge is 2.40. The van der Waals surface area contributed by atoms with Crippen molar-refractivity contribution in [3.8, 4) is 5.75 Å².